The molecule has 1 aliphatic rings. The minimum atomic E-state index is -1.10. The number of methoxy groups -OCH3 is 2. The maximum atomic E-state index is 13.3. The van der Waals surface area contributed by atoms with Crippen LogP contribution in [0.3, 0.4) is 0 Å². The standard InChI is InChI=1S/C24H28O4/c1-7-9-10-11-12-19-22(25)24(15-8-2,23(19)28-17(3)4)18-13-14-20(26-5)21(16-18)27-6/h13-17H,2,7,9-10H2,1,3-6H3. The summed E-state index contributed by atoms with van der Waals surface area (Å²) in [6, 6.07) is 5.39. The fourth-order valence-electron chi connectivity index (χ4n) is 3.17. The molecular formula is C24H28O4. The Labute approximate surface area is 167 Å². The van der Waals surface area contributed by atoms with Crippen molar-refractivity contribution in [1.29, 1.82) is 0 Å². The minimum Gasteiger partial charge on any atom is -0.493 e. The molecule has 0 amide bonds. The molecule has 2 rings (SSSR count). The number of carbonyl (C=O) groups excluding carboxylic acids is 1. The molecule has 0 bridgehead atoms. The van der Waals surface area contributed by atoms with Crippen LogP contribution < -0.4 is 9.47 Å². The molecule has 1 atom stereocenters. The van der Waals surface area contributed by atoms with E-state index in [4.69, 9.17) is 14.2 Å². The molecule has 0 heterocycles. The van der Waals surface area contributed by atoms with E-state index in [1.807, 2.05) is 19.9 Å². The van der Waals surface area contributed by atoms with Crippen molar-refractivity contribution in [1.82, 2.24) is 0 Å². The van der Waals surface area contributed by atoms with Crippen molar-refractivity contribution >= 4 is 5.78 Å². The van der Waals surface area contributed by atoms with Gasteiger partial charge in [-0.15, -0.1) is 5.73 Å². The number of carbonyl (C=O) groups is 1. The average Bonchev–Trinajstić information content (AvgIpc) is 2.70. The average molecular weight is 380 g/mol. The number of ketones is 1. The molecule has 148 valence electrons. The zero-order valence-corrected chi connectivity index (χ0v) is 17.3. The number of benzene rings is 1. The van der Waals surface area contributed by atoms with Gasteiger partial charge in [0, 0.05) is 6.42 Å². The zero-order chi connectivity index (χ0) is 20.7. The summed E-state index contributed by atoms with van der Waals surface area (Å²) < 4.78 is 16.8. The molecule has 0 saturated carbocycles. The van der Waals surface area contributed by atoms with Crippen molar-refractivity contribution < 1.29 is 19.0 Å². The van der Waals surface area contributed by atoms with E-state index >= 15 is 0 Å². The largest absolute Gasteiger partial charge is 0.493 e. The van der Waals surface area contributed by atoms with Crippen LogP contribution in [0.5, 0.6) is 11.5 Å². The lowest BCUT2D eigenvalue weighted by molar-refractivity contribution is -0.122. The first-order valence-corrected chi connectivity index (χ1v) is 9.50. The monoisotopic (exact) mass is 380 g/mol. The number of allylic oxidation sites excluding steroid dienone is 2. The smallest absolute Gasteiger partial charge is 0.197 e. The Hall–Kier alpha value is -2.89. The highest BCUT2D eigenvalue weighted by molar-refractivity contribution is 6.18. The Balaban J connectivity index is 2.63. The second kappa shape index (κ2) is 9.35. The topological polar surface area (TPSA) is 44.8 Å². The van der Waals surface area contributed by atoms with Crippen LogP contribution in [-0.2, 0) is 14.9 Å². The van der Waals surface area contributed by atoms with E-state index < -0.39 is 5.41 Å². The van der Waals surface area contributed by atoms with E-state index in [9.17, 15) is 4.79 Å². The summed E-state index contributed by atoms with van der Waals surface area (Å²) in [5.74, 6) is 7.67. The van der Waals surface area contributed by atoms with Gasteiger partial charge >= 0.3 is 0 Å². The number of hydrogen-bond acceptors (Lipinski definition) is 4. The summed E-state index contributed by atoms with van der Waals surface area (Å²) in [5, 5.41) is 0. The van der Waals surface area contributed by atoms with E-state index in [0.717, 1.165) is 19.3 Å². The fourth-order valence-corrected chi connectivity index (χ4v) is 3.17. The number of Topliss-reactive ketones (excluding diaryl/α,β-unsaturated/α-hetero) is 1. The Bertz CT molecular complexity index is 876. The first-order valence-electron chi connectivity index (χ1n) is 9.50. The van der Waals surface area contributed by atoms with Gasteiger partial charge < -0.3 is 14.2 Å². The van der Waals surface area contributed by atoms with Crippen molar-refractivity contribution in [2.24, 2.45) is 0 Å². The first-order chi connectivity index (χ1) is 13.5. The van der Waals surface area contributed by atoms with Gasteiger partial charge in [-0.2, -0.15) is 0 Å². The molecular weight excluding hydrogens is 352 g/mol. The Morgan fingerprint density at radius 3 is 2.50 bits per heavy atom. The summed E-state index contributed by atoms with van der Waals surface area (Å²) in [6.45, 7) is 9.65. The van der Waals surface area contributed by atoms with Crippen LogP contribution in [0.15, 0.2) is 47.9 Å². The van der Waals surface area contributed by atoms with Crippen molar-refractivity contribution in [3.8, 4) is 23.3 Å². The van der Waals surface area contributed by atoms with Gasteiger partial charge in [0.1, 0.15) is 16.7 Å². The summed E-state index contributed by atoms with van der Waals surface area (Å²) >= 11 is 0. The second-order valence-electron chi connectivity index (χ2n) is 6.83. The Morgan fingerprint density at radius 2 is 1.93 bits per heavy atom. The van der Waals surface area contributed by atoms with Crippen LogP contribution in [0.25, 0.3) is 0 Å². The molecule has 0 saturated heterocycles. The molecule has 0 fully saturated rings. The lowest BCUT2D eigenvalue weighted by Crippen LogP contribution is -2.48. The van der Waals surface area contributed by atoms with E-state index in [1.165, 1.54) is 0 Å². The molecule has 1 aromatic carbocycles. The molecule has 0 radical (unpaired) electrons. The van der Waals surface area contributed by atoms with Crippen molar-refractivity contribution in [2.45, 2.75) is 51.6 Å². The quantitative estimate of drug-likeness (QED) is 0.371. The summed E-state index contributed by atoms with van der Waals surface area (Å²) in [6.07, 6.45) is 4.36. The SMILES string of the molecule is C=C=CC1(c2ccc(OC)c(OC)c2)C(=O)C(C#CCCCC)=C1OC(C)C. The molecule has 4 nitrogen and oxygen atoms in total. The third-order valence-electron chi connectivity index (χ3n) is 4.55. The second-order valence-corrected chi connectivity index (χ2v) is 6.83. The lowest BCUT2D eigenvalue weighted by Gasteiger charge is -2.40. The zero-order valence-electron chi connectivity index (χ0n) is 17.3. The van der Waals surface area contributed by atoms with Gasteiger partial charge in [0.2, 0.25) is 0 Å². The molecule has 1 aliphatic carbocycles. The van der Waals surface area contributed by atoms with Crippen LogP contribution in [0, 0.1) is 11.8 Å². The Morgan fingerprint density at radius 1 is 1.21 bits per heavy atom. The van der Waals surface area contributed by atoms with Gasteiger partial charge in [-0.3, -0.25) is 4.79 Å². The van der Waals surface area contributed by atoms with Crippen molar-refractivity contribution in [3.05, 3.63) is 53.5 Å². The summed E-state index contributed by atoms with van der Waals surface area (Å²) in [5.41, 5.74) is 2.81. The molecule has 0 aromatic heterocycles. The fraction of sp³-hybridized carbons (Fsp3) is 0.417. The van der Waals surface area contributed by atoms with Gasteiger partial charge in [-0.1, -0.05) is 37.8 Å². The highest BCUT2D eigenvalue weighted by atomic mass is 16.5. The molecule has 28 heavy (non-hydrogen) atoms. The highest BCUT2D eigenvalue weighted by Gasteiger charge is 2.55. The number of unbranched alkanes of at least 4 members (excludes halogenated alkanes) is 2. The van der Waals surface area contributed by atoms with Gasteiger partial charge in [0.05, 0.1) is 20.3 Å². The predicted molar refractivity (Wildman–Crippen MR) is 110 cm³/mol. The van der Waals surface area contributed by atoms with E-state index in [0.29, 0.717) is 28.4 Å². The third kappa shape index (κ3) is 3.86. The number of ether oxygens (including phenoxy) is 3. The molecule has 4 heteroatoms. The van der Waals surface area contributed by atoms with Gasteiger partial charge in [0.25, 0.3) is 0 Å². The first kappa shape index (κ1) is 21.4. The molecule has 1 aromatic rings. The van der Waals surface area contributed by atoms with Crippen LogP contribution in [0.2, 0.25) is 0 Å². The minimum absolute atomic E-state index is 0.103. The van der Waals surface area contributed by atoms with E-state index in [1.54, 1.807) is 32.4 Å². The predicted octanol–water partition coefficient (Wildman–Crippen LogP) is 4.74. The van der Waals surface area contributed by atoms with Crippen LogP contribution in [0.1, 0.15) is 45.6 Å². The van der Waals surface area contributed by atoms with Gasteiger partial charge in [-0.05, 0) is 44.0 Å². The van der Waals surface area contributed by atoms with E-state index in [-0.39, 0.29) is 11.9 Å². The summed E-state index contributed by atoms with van der Waals surface area (Å²) in [4.78, 5) is 13.3. The molecule has 1 unspecified atom stereocenters. The maximum absolute atomic E-state index is 13.3. The maximum Gasteiger partial charge on any atom is 0.197 e. The Kier molecular flexibility index (Phi) is 7.15. The van der Waals surface area contributed by atoms with Crippen LogP contribution in [0.4, 0.5) is 0 Å². The molecule has 0 aliphatic heterocycles. The van der Waals surface area contributed by atoms with Gasteiger partial charge in [0.15, 0.2) is 17.3 Å². The highest BCUT2D eigenvalue weighted by Crippen LogP contribution is 2.49. The van der Waals surface area contributed by atoms with Crippen LogP contribution >= 0.6 is 0 Å². The van der Waals surface area contributed by atoms with Crippen LogP contribution in [-0.4, -0.2) is 26.1 Å². The van der Waals surface area contributed by atoms with Crippen molar-refractivity contribution in [2.75, 3.05) is 14.2 Å². The van der Waals surface area contributed by atoms with Crippen molar-refractivity contribution in [3.63, 3.8) is 0 Å². The normalized spacial score (nSPS) is 18.0. The van der Waals surface area contributed by atoms with Gasteiger partial charge in [-0.25, -0.2) is 0 Å². The molecule has 0 spiro atoms. The summed E-state index contributed by atoms with van der Waals surface area (Å²) in [7, 11) is 3.13. The molecule has 0 N–H and O–H groups in total. The van der Waals surface area contributed by atoms with E-state index in [2.05, 4.69) is 31.1 Å². The lowest BCUT2D eigenvalue weighted by atomic mass is 9.63. The number of hydrogen-bond donors (Lipinski definition) is 0. The third-order valence-corrected chi connectivity index (χ3v) is 4.55. The number of rotatable bonds is 8.